The van der Waals surface area contributed by atoms with Gasteiger partial charge >= 0.3 is 5.97 Å². The standard InChI is InChI=1S/C8H14N4O2/c1-3-10-7(8(13)14-2)4-12-6-9-5-11-12/h5-7,10H,3-4H2,1-2H3. The lowest BCUT2D eigenvalue weighted by atomic mass is 10.3. The molecule has 1 aromatic heterocycles. The van der Waals surface area contributed by atoms with Gasteiger partial charge in [-0.05, 0) is 6.54 Å². The number of carbonyl (C=O) groups excluding carboxylic acids is 1. The summed E-state index contributed by atoms with van der Waals surface area (Å²) in [6, 6.07) is -0.369. The molecule has 0 aliphatic carbocycles. The molecule has 0 saturated carbocycles. The predicted octanol–water partition coefficient (Wildman–Crippen LogP) is -0.571. The van der Waals surface area contributed by atoms with Crippen LogP contribution < -0.4 is 5.32 Å². The second-order valence-electron chi connectivity index (χ2n) is 2.75. The fourth-order valence-electron chi connectivity index (χ4n) is 1.13. The Morgan fingerprint density at radius 3 is 3.00 bits per heavy atom. The van der Waals surface area contributed by atoms with Gasteiger partial charge in [0.05, 0.1) is 13.7 Å². The molecule has 0 spiro atoms. The molecule has 14 heavy (non-hydrogen) atoms. The summed E-state index contributed by atoms with van der Waals surface area (Å²) in [6.45, 7) is 3.06. The summed E-state index contributed by atoms with van der Waals surface area (Å²) in [5.41, 5.74) is 0. The largest absolute Gasteiger partial charge is 0.468 e. The molecular formula is C8H14N4O2. The highest BCUT2D eigenvalue weighted by Crippen LogP contribution is 1.92. The van der Waals surface area contributed by atoms with Crippen LogP contribution in [0, 0.1) is 0 Å². The third kappa shape index (κ3) is 2.81. The van der Waals surface area contributed by atoms with Crippen molar-refractivity contribution in [3.05, 3.63) is 12.7 Å². The molecule has 78 valence electrons. The van der Waals surface area contributed by atoms with Crippen LogP contribution in [0.5, 0.6) is 0 Å². The van der Waals surface area contributed by atoms with Crippen LogP contribution in [0.15, 0.2) is 12.7 Å². The van der Waals surface area contributed by atoms with E-state index in [-0.39, 0.29) is 12.0 Å². The molecule has 0 aliphatic rings. The molecule has 0 amide bonds. The first kappa shape index (κ1) is 10.6. The lowest BCUT2D eigenvalue weighted by Crippen LogP contribution is -2.41. The zero-order valence-electron chi connectivity index (χ0n) is 8.30. The second kappa shape index (κ2) is 5.33. The molecule has 6 nitrogen and oxygen atoms in total. The number of nitrogens with one attached hydrogen (secondary N) is 1. The van der Waals surface area contributed by atoms with E-state index < -0.39 is 0 Å². The van der Waals surface area contributed by atoms with Gasteiger partial charge in [0, 0.05) is 0 Å². The third-order valence-corrected chi connectivity index (χ3v) is 1.77. The van der Waals surface area contributed by atoms with E-state index in [1.54, 1.807) is 11.0 Å². The number of hydrogen-bond donors (Lipinski definition) is 1. The van der Waals surface area contributed by atoms with Crippen molar-refractivity contribution >= 4 is 5.97 Å². The number of methoxy groups -OCH3 is 1. The molecule has 0 fully saturated rings. The topological polar surface area (TPSA) is 69.0 Å². The van der Waals surface area contributed by atoms with Crippen LogP contribution in [-0.2, 0) is 16.1 Å². The van der Waals surface area contributed by atoms with Crippen molar-refractivity contribution in [2.45, 2.75) is 19.5 Å². The molecule has 1 rings (SSSR count). The molecular weight excluding hydrogens is 184 g/mol. The van der Waals surface area contributed by atoms with E-state index in [9.17, 15) is 4.79 Å². The van der Waals surface area contributed by atoms with Gasteiger partial charge in [-0.3, -0.25) is 9.48 Å². The maximum absolute atomic E-state index is 11.3. The Hall–Kier alpha value is -1.43. The van der Waals surface area contributed by atoms with Crippen LogP contribution in [0.25, 0.3) is 0 Å². The van der Waals surface area contributed by atoms with Crippen molar-refractivity contribution in [2.24, 2.45) is 0 Å². The summed E-state index contributed by atoms with van der Waals surface area (Å²) < 4.78 is 6.24. The Balaban J connectivity index is 2.55. The van der Waals surface area contributed by atoms with Gasteiger partial charge in [-0.15, -0.1) is 0 Å². The lowest BCUT2D eigenvalue weighted by molar-refractivity contribution is -0.143. The number of carbonyl (C=O) groups is 1. The Bertz CT molecular complexity index is 273. The minimum atomic E-state index is -0.369. The summed E-state index contributed by atoms with van der Waals surface area (Å²) in [4.78, 5) is 15.1. The maximum Gasteiger partial charge on any atom is 0.324 e. The predicted molar refractivity (Wildman–Crippen MR) is 49.5 cm³/mol. The van der Waals surface area contributed by atoms with Gasteiger partial charge in [-0.25, -0.2) is 4.98 Å². The number of esters is 1. The average Bonchev–Trinajstić information content (AvgIpc) is 2.68. The summed E-state index contributed by atoms with van der Waals surface area (Å²) in [5.74, 6) is -0.289. The Morgan fingerprint density at radius 2 is 2.50 bits per heavy atom. The monoisotopic (exact) mass is 198 g/mol. The first-order chi connectivity index (χ1) is 6.77. The highest BCUT2D eigenvalue weighted by molar-refractivity contribution is 5.75. The number of hydrogen-bond acceptors (Lipinski definition) is 5. The maximum atomic E-state index is 11.3. The molecule has 1 atom stereocenters. The minimum Gasteiger partial charge on any atom is -0.468 e. The van der Waals surface area contributed by atoms with E-state index in [2.05, 4.69) is 20.1 Å². The Kier molecular flexibility index (Phi) is 4.06. The molecule has 0 aromatic carbocycles. The third-order valence-electron chi connectivity index (χ3n) is 1.77. The molecule has 0 bridgehead atoms. The molecule has 1 heterocycles. The van der Waals surface area contributed by atoms with Crippen molar-refractivity contribution < 1.29 is 9.53 Å². The fraction of sp³-hybridized carbons (Fsp3) is 0.625. The van der Waals surface area contributed by atoms with Crippen molar-refractivity contribution in [3.63, 3.8) is 0 Å². The molecule has 1 N–H and O–H groups in total. The smallest absolute Gasteiger partial charge is 0.324 e. The van der Waals surface area contributed by atoms with Gasteiger partial charge in [0.15, 0.2) is 0 Å². The van der Waals surface area contributed by atoms with Gasteiger partial charge < -0.3 is 10.1 Å². The zero-order valence-corrected chi connectivity index (χ0v) is 8.30. The van der Waals surface area contributed by atoms with Gasteiger partial charge in [-0.2, -0.15) is 5.10 Å². The molecule has 1 aromatic rings. The quantitative estimate of drug-likeness (QED) is 0.642. The summed E-state index contributed by atoms with van der Waals surface area (Å²) in [6.07, 6.45) is 2.99. The van der Waals surface area contributed by atoms with Crippen molar-refractivity contribution in [2.75, 3.05) is 13.7 Å². The number of likely N-dealkylation sites (N-methyl/N-ethyl adjacent to an activating group) is 1. The summed E-state index contributed by atoms with van der Waals surface area (Å²) in [7, 11) is 1.37. The van der Waals surface area contributed by atoms with E-state index in [4.69, 9.17) is 0 Å². The molecule has 6 heteroatoms. The van der Waals surface area contributed by atoms with Crippen LogP contribution in [-0.4, -0.2) is 40.4 Å². The normalized spacial score (nSPS) is 12.4. The van der Waals surface area contributed by atoms with Gasteiger partial charge in [-0.1, -0.05) is 6.92 Å². The summed E-state index contributed by atoms with van der Waals surface area (Å²) in [5, 5.41) is 6.92. The van der Waals surface area contributed by atoms with E-state index in [1.165, 1.54) is 13.4 Å². The van der Waals surface area contributed by atoms with Crippen molar-refractivity contribution in [3.8, 4) is 0 Å². The lowest BCUT2D eigenvalue weighted by Gasteiger charge is -2.14. The van der Waals surface area contributed by atoms with Gasteiger partial charge in [0.25, 0.3) is 0 Å². The van der Waals surface area contributed by atoms with Crippen molar-refractivity contribution in [1.29, 1.82) is 0 Å². The van der Waals surface area contributed by atoms with Gasteiger partial charge in [0.2, 0.25) is 0 Å². The van der Waals surface area contributed by atoms with Crippen LogP contribution in [0.3, 0.4) is 0 Å². The van der Waals surface area contributed by atoms with Crippen LogP contribution >= 0.6 is 0 Å². The minimum absolute atomic E-state index is 0.289. The summed E-state index contributed by atoms with van der Waals surface area (Å²) >= 11 is 0. The van der Waals surface area contributed by atoms with Crippen molar-refractivity contribution in [1.82, 2.24) is 20.1 Å². The van der Waals surface area contributed by atoms with E-state index in [0.717, 1.165) is 0 Å². The van der Waals surface area contributed by atoms with Crippen LogP contribution in [0.2, 0.25) is 0 Å². The first-order valence-corrected chi connectivity index (χ1v) is 4.41. The second-order valence-corrected chi connectivity index (χ2v) is 2.75. The molecule has 0 aliphatic heterocycles. The number of ether oxygens (including phenoxy) is 1. The number of nitrogens with zero attached hydrogens (tertiary/aromatic N) is 3. The van der Waals surface area contributed by atoms with Crippen LogP contribution in [0.1, 0.15) is 6.92 Å². The number of rotatable bonds is 5. The number of aromatic nitrogens is 3. The Labute approximate surface area is 82.3 Å². The zero-order chi connectivity index (χ0) is 10.4. The first-order valence-electron chi connectivity index (χ1n) is 4.41. The van der Waals surface area contributed by atoms with E-state index >= 15 is 0 Å². The highest BCUT2D eigenvalue weighted by Gasteiger charge is 2.18. The molecule has 1 unspecified atom stereocenters. The van der Waals surface area contributed by atoms with E-state index in [1.807, 2.05) is 6.92 Å². The Morgan fingerprint density at radius 1 is 1.71 bits per heavy atom. The van der Waals surface area contributed by atoms with E-state index in [0.29, 0.717) is 13.1 Å². The SMILES string of the molecule is CCNC(Cn1cncn1)C(=O)OC. The fourth-order valence-corrected chi connectivity index (χ4v) is 1.13. The molecule has 0 radical (unpaired) electrons. The van der Waals surface area contributed by atoms with Crippen LogP contribution in [0.4, 0.5) is 0 Å². The van der Waals surface area contributed by atoms with Gasteiger partial charge in [0.1, 0.15) is 18.7 Å². The highest BCUT2D eigenvalue weighted by atomic mass is 16.5. The average molecular weight is 198 g/mol. The molecule has 0 saturated heterocycles.